The number of pyridine rings is 1. The maximum Gasteiger partial charge on any atom is 0.286 e. The number of fused-ring (bicyclic) bond motifs is 1. The van der Waals surface area contributed by atoms with E-state index in [9.17, 15) is 22.0 Å². The fraction of sp³-hybridized carbons (Fsp3) is 0.0526. The average Bonchev–Trinajstić information content (AvgIpc) is 3.23. The van der Waals surface area contributed by atoms with Crippen molar-refractivity contribution in [3.8, 4) is 0 Å². The summed E-state index contributed by atoms with van der Waals surface area (Å²) in [5.74, 6) is -2.47. The van der Waals surface area contributed by atoms with E-state index < -0.39 is 27.6 Å². The van der Waals surface area contributed by atoms with Crippen molar-refractivity contribution in [2.75, 3.05) is 5.32 Å². The first-order chi connectivity index (χ1) is 14.8. The molecular formula is C19H13F2N5O3S2. The zero-order chi connectivity index (χ0) is 22.0. The normalized spacial score (nSPS) is 11.5. The molecule has 0 radical (unpaired) electrons. The Morgan fingerprint density at radius 2 is 1.87 bits per heavy atom. The Bertz CT molecular complexity index is 1390. The predicted molar refractivity (Wildman–Crippen MR) is 110 cm³/mol. The van der Waals surface area contributed by atoms with Crippen molar-refractivity contribution < 1.29 is 22.0 Å². The number of hydrogen-bond donors (Lipinski definition) is 2. The Morgan fingerprint density at radius 1 is 1.06 bits per heavy atom. The number of hydrogen-bond acceptors (Lipinski definition) is 7. The SMILES string of the molecule is O=C(Nc1ccc(F)cc1F)c1nnc(CNS(=O)(=O)c2cccc3cccnc23)s1. The van der Waals surface area contributed by atoms with Crippen LogP contribution in [0, 0.1) is 11.6 Å². The molecule has 2 heterocycles. The summed E-state index contributed by atoms with van der Waals surface area (Å²) in [6.45, 7) is -0.207. The minimum Gasteiger partial charge on any atom is -0.317 e. The highest BCUT2D eigenvalue weighted by Crippen LogP contribution is 2.21. The lowest BCUT2D eigenvalue weighted by atomic mass is 10.2. The Labute approximate surface area is 179 Å². The molecule has 4 rings (SSSR count). The molecule has 0 aliphatic heterocycles. The van der Waals surface area contributed by atoms with Crippen molar-refractivity contribution in [3.63, 3.8) is 0 Å². The Hall–Kier alpha value is -3.35. The van der Waals surface area contributed by atoms with E-state index in [-0.39, 0.29) is 27.1 Å². The van der Waals surface area contributed by atoms with Crippen molar-refractivity contribution in [1.29, 1.82) is 0 Å². The molecule has 158 valence electrons. The molecule has 0 saturated heterocycles. The number of anilines is 1. The van der Waals surface area contributed by atoms with Crippen LogP contribution in [0.1, 0.15) is 14.8 Å². The second kappa shape index (κ2) is 8.41. The van der Waals surface area contributed by atoms with Gasteiger partial charge in [0.15, 0.2) is 0 Å². The van der Waals surface area contributed by atoms with E-state index in [0.717, 1.165) is 23.5 Å². The molecule has 0 aliphatic carbocycles. The molecule has 2 aromatic heterocycles. The summed E-state index contributed by atoms with van der Waals surface area (Å²) in [6, 6.07) is 11.0. The number of para-hydroxylation sites is 1. The van der Waals surface area contributed by atoms with Crippen molar-refractivity contribution in [1.82, 2.24) is 19.9 Å². The summed E-state index contributed by atoms with van der Waals surface area (Å²) in [5, 5.41) is 10.5. The van der Waals surface area contributed by atoms with Gasteiger partial charge in [-0.05, 0) is 24.3 Å². The van der Waals surface area contributed by atoms with Crippen molar-refractivity contribution in [2.45, 2.75) is 11.4 Å². The molecule has 0 spiro atoms. The highest BCUT2D eigenvalue weighted by molar-refractivity contribution is 7.89. The van der Waals surface area contributed by atoms with Gasteiger partial charge < -0.3 is 5.32 Å². The number of carbonyl (C=O) groups is 1. The molecule has 0 bridgehead atoms. The van der Waals surface area contributed by atoms with E-state index in [2.05, 4.69) is 25.2 Å². The molecule has 2 N–H and O–H groups in total. The lowest BCUT2D eigenvalue weighted by Crippen LogP contribution is -2.23. The number of nitrogens with zero attached hydrogens (tertiary/aromatic N) is 3. The number of halogens is 2. The van der Waals surface area contributed by atoms with Crippen molar-refractivity contribution in [2.24, 2.45) is 0 Å². The quantitative estimate of drug-likeness (QED) is 0.456. The summed E-state index contributed by atoms with van der Waals surface area (Å²) in [5.41, 5.74) is 0.114. The second-order valence-electron chi connectivity index (χ2n) is 6.24. The lowest BCUT2D eigenvalue weighted by Gasteiger charge is -2.07. The van der Waals surface area contributed by atoms with Crippen LogP contribution >= 0.6 is 11.3 Å². The molecule has 0 atom stereocenters. The molecule has 0 aliphatic rings. The minimum atomic E-state index is -3.91. The van der Waals surface area contributed by atoms with Gasteiger partial charge >= 0.3 is 0 Å². The number of carbonyl (C=O) groups excluding carboxylic acids is 1. The van der Waals surface area contributed by atoms with Gasteiger partial charge in [0.1, 0.15) is 21.5 Å². The number of amides is 1. The van der Waals surface area contributed by atoms with E-state index in [1.807, 2.05) is 0 Å². The molecule has 8 nitrogen and oxygen atoms in total. The monoisotopic (exact) mass is 461 g/mol. The van der Waals surface area contributed by atoms with Crippen LogP contribution in [0.15, 0.2) is 59.6 Å². The molecule has 0 saturated carbocycles. The number of nitrogens with one attached hydrogen (secondary N) is 2. The standard InChI is InChI=1S/C19H13F2N5O3S2/c20-12-6-7-14(13(21)9-12)24-18(27)19-26-25-16(30-19)10-23-31(28,29)15-5-1-3-11-4-2-8-22-17(11)15/h1-9,23H,10H2,(H,24,27). The zero-order valence-corrected chi connectivity index (χ0v) is 17.2. The molecule has 0 fully saturated rings. The lowest BCUT2D eigenvalue weighted by molar-refractivity contribution is 0.102. The van der Waals surface area contributed by atoms with Gasteiger partial charge in [-0.3, -0.25) is 9.78 Å². The summed E-state index contributed by atoms with van der Waals surface area (Å²) >= 11 is 0.835. The van der Waals surface area contributed by atoms with Gasteiger partial charge in [-0.2, -0.15) is 0 Å². The second-order valence-corrected chi connectivity index (χ2v) is 9.03. The maximum atomic E-state index is 13.7. The van der Waals surface area contributed by atoms with E-state index in [1.165, 1.54) is 12.3 Å². The molecule has 0 unspecified atom stereocenters. The number of rotatable bonds is 6. The third-order valence-electron chi connectivity index (χ3n) is 4.14. The minimum absolute atomic E-state index is 0.0138. The first-order valence-electron chi connectivity index (χ1n) is 8.76. The Morgan fingerprint density at radius 3 is 2.68 bits per heavy atom. The third kappa shape index (κ3) is 4.55. The van der Waals surface area contributed by atoms with E-state index in [0.29, 0.717) is 17.0 Å². The molecule has 1 amide bonds. The largest absolute Gasteiger partial charge is 0.317 e. The van der Waals surface area contributed by atoms with Crippen LogP contribution < -0.4 is 10.0 Å². The van der Waals surface area contributed by atoms with E-state index >= 15 is 0 Å². The summed E-state index contributed by atoms with van der Waals surface area (Å²) in [7, 11) is -3.91. The van der Waals surface area contributed by atoms with Crippen molar-refractivity contribution >= 4 is 43.9 Å². The van der Waals surface area contributed by atoms with Gasteiger partial charge in [0, 0.05) is 17.6 Å². The fourth-order valence-corrected chi connectivity index (χ4v) is 4.64. The summed E-state index contributed by atoms with van der Waals surface area (Å²) < 4.78 is 54.5. The number of benzene rings is 2. The Kier molecular flexibility index (Phi) is 5.67. The number of sulfonamides is 1. The first kappa shape index (κ1) is 20.9. The van der Waals surface area contributed by atoms with Gasteiger partial charge in [-0.15, -0.1) is 10.2 Å². The van der Waals surface area contributed by atoms with Gasteiger partial charge in [-0.1, -0.05) is 29.5 Å². The first-order valence-corrected chi connectivity index (χ1v) is 11.1. The van der Waals surface area contributed by atoms with Gasteiger partial charge in [0.2, 0.25) is 15.0 Å². The molecule has 12 heteroatoms. The average molecular weight is 461 g/mol. The maximum absolute atomic E-state index is 13.7. The summed E-state index contributed by atoms with van der Waals surface area (Å²) in [6.07, 6.45) is 1.50. The topological polar surface area (TPSA) is 114 Å². The molecule has 31 heavy (non-hydrogen) atoms. The molecule has 4 aromatic rings. The van der Waals surface area contributed by atoms with E-state index in [1.54, 1.807) is 24.3 Å². The zero-order valence-electron chi connectivity index (χ0n) is 15.5. The van der Waals surface area contributed by atoms with Crippen LogP contribution in [0.3, 0.4) is 0 Å². The van der Waals surface area contributed by atoms with Gasteiger partial charge in [0.05, 0.1) is 17.7 Å². The van der Waals surface area contributed by atoms with Gasteiger partial charge in [-0.25, -0.2) is 21.9 Å². The highest BCUT2D eigenvalue weighted by Gasteiger charge is 2.20. The highest BCUT2D eigenvalue weighted by atomic mass is 32.2. The van der Waals surface area contributed by atoms with Crippen LogP contribution in [0.25, 0.3) is 10.9 Å². The van der Waals surface area contributed by atoms with E-state index in [4.69, 9.17) is 0 Å². The van der Waals surface area contributed by atoms with Crippen LogP contribution in [0.2, 0.25) is 0 Å². The smallest absolute Gasteiger partial charge is 0.286 e. The third-order valence-corrected chi connectivity index (χ3v) is 6.49. The molecular weight excluding hydrogens is 448 g/mol. The Balaban J connectivity index is 1.47. The van der Waals surface area contributed by atoms with Crippen LogP contribution in [-0.4, -0.2) is 29.5 Å². The van der Waals surface area contributed by atoms with Crippen LogP contribution in [0.4, 0.5) is 14.5 Å². The van der Waals surface area contributed by atoms with Crippen LogP contribution in [-0.2, 0) is 16.6 Å². The fourth-order valence-electron chi connectivity index (χ4n) is 2.71. The van der Waals surface area contributed by atoms with Crippen molar-refractivity contribution in [3.05, 3.63) is 76.4 Å². The van der Waals surface area contributed by atoms with Crippen LogP contribution in [0.5, 0.6) is 0 Å². The van der Waals surface area contributed by atoms with Gasteiger partial charge in [0.25, 0.3) is 5.91 Å². The number of aromatic nitrogens is 3. The predicted octanol–water partition coefficient (Wildman–Crippen LogP) is 3.10. The summed E-state index contributed by atoms with van der Waals surface area (Å²) in [4.78, 5) is 16.4. The molecule has 2 aromatic carbocycles.